The molecule has 8 nitrogen and oxygen atoms in total. The summed E-state index contributed by atoms with van der Waals surface area (Å²) in [6, 6.07) is 15.9. The highest BCUT2D eigenvalue weighted by Gasteiger charge is 2.30. The maximum atomic E-state index is 13.1. The summed E-state index contributed by atoms with van der Waals surface area (Å²) in [7, 11) is 0. The molecule has 4 heterocycles. The quantitative estimate of drug-likeness (QED) is 0.316. The van der Waals surface area contributed by atoms with E-state index in [1.807, 2.05) is 30.3 Å². The zero-order valence-corrected chi connectivity index (χ0v) is 20.8. The van der Waals surface area contributed by atoms with Crippen LogP contribution in [0.3, 0.4) is 0 Å². The van der Waals surface area contributed by atoms with Crippen LogP contribution in [-0.2, 0) is 19.6 Å². The fourth-order valence-electron chi connectivity index (χ4n) is 4.53. The standard InChI is InChI=1S/C26H28N6O2S/c1-17(2)24(25-28-29-30-32(25)15-21-6-4-10-34-21)31(16-22-7-5-11-35-22)14-20-13-19-12-18(3)8-9-23(19)27-26(20)33/h4-13,17,24H,14-16H2,1-3H3,(H,27,33). The average Bonchev–Trinajstić information content (AvgIpc) is 3.59. The first-order valence-corrected chi connectivity index (χ1v) is 12.5. The lowest BCUT2D eigenvalue weighted by atomic mass is 10.00. The van der Waals surface area contributed by atoms with Crippen LogP contribution < -0.4 is 5.56 Å². The van der Waals surface area contributed by atoms with Gasteiger partial charge in [-0.3, -0.25) is 9.69 Å². The van der Waals surface area contributed by atoms with Crippen molar-refractivity contribution in [3.8, 4) is 0 Å². The van der Waals surface area contributed by atoms with Crippen LogP contribution in [0.2, 0.25) is 0 Å². The number of benzene rings is 1. The Morgan fingerprint density at radius 1 is 1.14 bits per heavy atom. The van der Waals surface area contributed by atoms with E-state index in [1.165, 1.54) is 4.88 Å². The summed E-state index contributed by atoms with van der Waals surface area (Å²) in [4.78, 5) is 19.6. The van der Waals surface area contributed by atoms with Crippen molar-refractivity contribution < 1.29 is 4.42 Å². The van der Waals surface area contributed by atoms with Crippen LogP contribution in [0, 0.1) is 12.8 Å². The van der Waals surface area contributed by atoms with Gasteiger partial charge in [0.1, 0.15) is 12.3 Å². The van der Waals surface area contributed by atoms with E-state index in [9.17, 15) is 4.79 Å². The second-order valence-corrected chi connectivity index (χ2v) is 10.2. The molecule has 0 aliphatic heterocycles. The fraction of sp³-hybridized carbons (Fsp3) is 0.308. The molecule has 180 valence electrons. The van der Waals surface area contributed by atoms with Gasteiger partial charge in [-0.2, -0.15) is 0 Å². The van der Waals surface area contributed by atoms with Gasteiger partial charge in [0.25, 0.3) is 5.56 Å². The van der Waals surface area contributed by atoms with Crippen molar-refractivity contribution in [2.75, 3.05) is 0 Å². The number of hydrogen-bond acceptors (Lipinski definition) is 7. The maximum Gasteiger partial charge on any atom is 0.252 e. The normalized spacial score (nSPS) is 12.7. The number of H-pyrrole nitrogens is 1. The minimum absolute atomic E-state index is 0.0739. The van der Waals surface area contributed by atoms with E-state index in [1.54, 1.807) is 22.3 Å². The van der Waals surface area contributed by atoms with Crippen molar-refractivity contribution in [3.63, 3.8) is 0 Å². The molecule has 4 aromatic heterocycles. The van der Waals surface area contributed by atoms with Gasteiger partial charge in [-0.05, 0) is 70.4 Å². The van der Waals surface area contributed by atoms with E-state index in [2.05, 4.69) is 69.8 Å². The van der Waals surface area contributed by atoms with Crippen LogP contribution in [0.4, 0.5) is 0 Å². The number of pyridine rings is 1. The SMILES string of the molecule is Cc1ccc2[nH]c(=O)c(CN(Cc3cccs3)C(c3nnnn3Cc3ccco3)C(C)C)cc2c1. The molecule has 0 saturated carbocycles. The van der Waals surface area contributed by atoms with Gasteiger partial charge in [-0.1, -0.05) is 31.5 Å². The first kappa shape index (κ1) is 23.2. The Balaban J connectivity index is 1.54. The summed E-state index contributed by atoms with van der Waals surface area (Å²) in [5.41, 5.74) is 2.64. The number of hydrogen-bond donors (Lipinski definition) is 1. The number of aromatic amines is 1. The molecule has 9 heteroatoms. The van der Waals surface area contributed by atoms with Gasteiger partial charge in [0, 0.05) is 29.0 Å². The third-order valence-corrected chi connectivity index (χ3v) is 6.98. The molecule has 0 aliphatic rings. The van der Waals surface area contributed by atoms with Crippen molar-refractivity contribution in [2.24, 2.45) is 5.92 Å². The summed E-state index contributed by atoms with van der Waals surface area (Å²) in [6.45, 7) is 7.97. The molecular formula is C26H28N6O2S. The maximum absolute atomic E-state index is 13.1. The van der Waals surface area contributed by atoms with Crippen LogP contribution in [0.25, 0.3) is 10.9 Å². The number of tetrazole rings is 1. The van der Waals surface area contributed by atoms with E-state index in [4.69, 9.17) is 4.42 Å². The lowest BCUT2D eigenvalue weighted by molar-refractivity contribution is 0.127. The number of thiophene rings is 1. The number of nitrogens with one attached hydrogen (secondary N) is 1. The molecule has 0 radical (unpaired) electrons. The number of fused-ring (bicyclic) bond motifs is 1. The van der Waals surface area contributed by atoms with Crippen LogP contribution in [0.5, 0.6) is 0 Å². The minimum atomic E-state index is -0.116. The Bertz CT molecular complexity index is 1450. The van der Waals surface area contributed by atoms with Gasteiger partial charge in [0.05, 0.1) is 12.3 Å². The zero-order valence-electron chi connectivity index (χ0n) is 20.0. The van der Waals surface area contributed by atoms with Gasteiger partial charge in [-0.25, -0.2) is 4.68 Å². The van der Waals surface area contributed by atoms with Crippen LogP contribution >= 0.6 is 11.3 Å². The van der Waals surface area contributed by atoms with E-state index in [0.717, 1.165) is 33.6 Å². The van der Waals surface area contributed by atoms with E-state index in [-0.39, 0.29) is 17.5 Å². The first-order valence-electron chi connectivity index (χ1n) is 11.7. The van der Waals surface area contributed by atoms with Crippen molar-refractivity contribution in [2.45, 2.75) is 46.4 Å². The summed E-state index contributed by atoms with van der Waals surface area (Å²) in [5, 5.41) is 15.8. The third kappa shape index (κ3) is 5.11. The Kier molecular flexibility index (Phi) is 6.61. The van der Waals surface area contributed by atoms with Crippen LogP contribution in [-0.4, -0.2) is 30.1 Å². The predicted octanol–water partition coefficient (Wildman–Crippen LogP) is 4.93. The summed E-state index contributed by atoms with van der Waals surface area (Å²) in [6.07, 6.45) is 1.65. The molecule has 0 amide bonds. The molecule has 0 spiro atoms. The van der Waals surface area contributed by atoms with Gasteiger partial charge >= 0.3 is 0 Å². The average molecular weight is 489 g/mol. The van der Waals surface area contributed by atoms with Gasteiger partial charge < -0.3 is 9.40 Å². The van der Waals surface area contributed by atoms with Crippen molar-refractivity contribution in [1.82, 2.24) is 30.1 Å². The molecule has 5 aromatic rings. The largest absolute Gasteiger partial charge is 0.467 e. The van der Waals surface area contributed by atoms with Crippen LogP contribution in [0.1, 0.15) is 47.5 Å². The van der Waals surface area contributed by atoms with E-state index >= 15 is 0 Å². The number of aromatic nitrogens is 5. The van der Waals surface area contributed by atoms with E-state index < -0.39 is 0 Å². The minimum Gasteiger partial charge on any atom is -0.467 e. The van der Waals surface area contributed by atoms with Crippen molar-refractivity contribution in [3.05, 3.63) is 98.1 Å². The number of nitrogens with zero attached hydrogens (tertiary/aromatic N) is 5. The highest BCUT2D eigenvalue weighted by molar-refractivity contribution is 7.09. The Morgan fingerprint density at radius 3 is 2.77 bits per heavy atom. The molecule has 1 N–H and O–H groups in total. The number of rotatable bonds is 9. The Morgan fingerprint density at radius 2 is 2.03 bits per heavy atom. The fourth-order valence-corrected chi connectivity index (χ4v) is 5.26. The van der Waals surface area contributed by atoms with E-state index in [0.29, 0.717) is 19.6 Å². The third-order valence-electron chi connectivity index (χ3n) is 6.12. The molecule has 1 aromatic carbocycles. The van der Waals surface area contributed by atoms with Crippen molar-refractivity contribution in [1.29, 1.82) is 0 Å². The molecule has 0 bridgehead atoms. The van der Waals surface area contributed by atoms with Crippen molar-refractivity contribution >= 4 is 22.2 Å². The molecule has 5 rings (SSSR count). The monoisotopic (exact) mass is 488 g/mol. The number of furan rings is 1. The van der Waals surface area contributed by atoms with Gasteiger partial charge in [0.15, 0.2) is 5.82 Å². The summed E-state index contributed by atoms with van der Waals surface area (Å²) >= 11 is 1.70. The van der Waals surface area contributed by atoms with Gasteiger partial charge in [-0.15, -0.1) is 16.4 Å². The Labute approximate surface area is 207 Å². The zero-order chi connectivity index (χ0) is 24.4. The van der Waals surface area contributed by atoms with Gasteiger partial charge in [0.2, 0.25) is 0 Å². The molecule has 1 atom stereocenters. The highest BCUT2D eigenvalue weighted by atomic mass is 32.1. The smallest absolute Gasteiger partial charge is 0.252 e. The molecule has 0 aliphatic carbocycles. The first-order chi connectivity index (χ1) is 17.0. The molecule has 1 unspecified atom stereocenters. The molecule has 35 heavy (non-hydrogen) atoms. The lowest BCUT2D eigenvalue weighted by Gasteiger charge is -2.33. The molecule has 0 saturated heterocycles. The predicted molar refractivity (Wildman–Crippen MR) is 136 cm³/mol. The second-order valence-electron chi connectivity index (χ2n) is 9.16. The second kappa shape index (κ2) is 9.97. The summed E-state index contributed by atoms with van der Waals surface area (Å²) < 4.78 is 7.33. The lowest BCUT2D eigenvalue weighted by Crippen LogP contribution is -2.35. The topological polar surface area (TPSA) is 92.8 Å². The Hall–Kier alpha value is -3.56. The number of aryl methyl sites for hydroxylation is 1. The molecule has 0 fully saturated rings. The summed E-state index contributed by atoms with van der Waals surface area (Å²) in [5.74, 6) is 1.73. The molecular weight excluding hydrogens is 460 g/mol. The van der Waals surface area contributed by atoms with Crippen LogP contribution in [0.15, 0.2) is 69.4 Å². The highest BCUT2D eigenvalue weighted by Crippen LogP contribution is 2.31.